The van der Waals surface area contributed by atoms with Crippen molar-refractivity contribution in [3.63, 3.8) is 0 Å². The Kier molecular flexibility index (Phi) is 6.80. The monoisotopic (exact) mass is 456 g/mol. The minimum absolute atomic E-state index is 0.110. The number of methoxy groups -OCH3 is 1. The number of carbonyl (C=O) groups is 2. The second-order valence-electron chi connectivity index (χ2n) is 6.31. The van der Waals surface area contributed by atoms with Crippen LogP contribution in [0.3, 0.4) is 0 Å². The normalized spacial score (nSPS) is 10.2. The number of amides is 1. The van der Waals surface area contributed by atoms with Crippen LogP contribution in [0.15, 0.2) is 54.9 Å². The van der Waals surface area contributed by atoms with Crippen molar-refractivity contribution in [3.8, 4) is 0 Å². The van der Waals surface area contributed by atoms with E-state index in [0.29, 0.717) is 10.7 Å². The molecule has 1 amide bonds. The van der Waals surface area contributed by atoms with Crippen LogP contribution in [-0.2, 0) is 4.74 Å². The third-order valence-corrected chi connectivity index (χ3v) is 4.59. The highest BCUT2D eigenvalue weighted by atomic mass is 35.5. The summed E-state index contributed by atoms with van der Waals surface area (Å²) in [4.78, 5) is 44.8. The van der Waals surface area contributed by atoms with E-state index in [4.69, 9.17) is 16.3 Å². The van der Waals surface area contributed by atoms with Crippen molar-refractivity contribution >= 4 is 46.5 Å². The number of carbonyl (C=O) groups excluding carboxylic acids is 2. The lowest BCUT2D eigenvalue weighted by molar-refractivity contribution is -0.383. The zero-order valence-electron chi connectivity index (χ0n) is 16.9. The quantitative estimate of drug-likeness (QED) is 0.311. The Hall–Kier alpha value is -4.25. The zero-order valence-corrected chi connectivity index (χ0v) is 17.7. The van der Waals surface area contributed by atoms with E-state index in [1.165, 1.54) is 37.3 Å². The molecule has 0 saturated carbocycles. The van der Waals surface area contributed by atoms with Gasteiger partial charge in [0, 0.05) is 17.6 Å². The third-order valence-electron chi connectivity index (χ3n) is 4.36. The molecule has 0 atom stereocenters. The molecule has 32 heavy (non-hydrogen) atoms. The highest BCUT2D eigenvalue weighted by Gasteiger charge is 2.28. The van der Waals surface area contributed by atoms with Crippen LogP contribution in [-0.4, -0.2) is 40.9 Å². The average Bonchev–Trinajstić information content (AvgIpc) is 2.81. The molecule has 0 spiro atoms. The molecule has 3 aromatic rings. The van der Waals surface area contributed by atoms with Gasteiger partial charge in [0.15, 0.2) is 0 Å². The lowest BCUT2D eigenvalue weighted by Gasteiger charge is -2.21. The largest absolute Gasteiger partial charge is 0.465 e. The maximum Gasteiger partial charge on any atom is 0.355 e. The van der Waals surface area contributed by atoms with Gasteiger partial charge in [-0.2, -0.15) is 0 Å². The van der Waals surface area contributed by atoms with Crippen LogP contribution >= 0.6 is 11.6 Å². The smallest absolute Gasteiger partial charge is 0.355 e. The minimum Gasteiger partial charge on any atom is -0.465 e. The molecule has 1 aromatic heterocycles. The number of aromatic nitrogens is 2. The molecular weight excluding hydrogens is 440 g/mol. The Morgan fingerprint density at radius 1 is 1.16 bits per heavy atom. The fraction of sp³-hybridized carbons (Fsp3) is 0.100. The number of para-hydroxylation sites is 1. The number of ether oxygens (including phenoxy) is 1. The van der Waals surface area contributed by atoms with E-state index in [9.17, 15) is 19.7 Å². The number of nitrogens with one attached hydrogen (secondary N) is 2. The highest BCUT2D eigenvalue weighted by molar-refractivity contribution is 6.31. The Morgan fingerprint density at radius 3 is 2.59 bits per heavy atom. The van der Waals surface area contributed by atoms with E-state index in [1.807, 2.05) is 0 Å². The summed E-state index contributed by atoms with van der Waals surface area (Å²) in [5, 5.41) is 12.2. The standard InChI is InChI=1S/C20H17ClN6O5/c1-26(15-9-4-3-8-14(15)20(29)32-2)18-16(27(30)31)17(22-11-23-18)24-25-19(28)12-6-5-7-13(21)10-12/h3-11H,1-2H3,(H,25,28)(H,22,23,24). The highest BCUT2D eigenvalue weighted by Crippen LogP contribution is 2.35. The molecule has 0 fully saturated rings. The lowest BCUT2D eigenvalue weighted by atomic mass is 10.1. The Bertz CT molecular complexity index is 1190. The summed E-state index contributed by atoms with van der Waals surface area (Å²) in [6.07, 6.45) is 1.09. The van der Waals surface area contributed by atoms with Gasteiger partial charge >= 0.3 is 11.7 Å². The van der Waals surface area contributed by atoms with Gasteiger partial charge in [0.1, 0.15) is 6.33 Å². The second-order valence-corrected chi connectivity index (χ2v) is 6.75. The van der Waals surface area contributed by atoms with Crippen molar-refractivity contribution in [3.05, 3.63) is 81.1 Å². The van der Waals surface area contributed by atoms with Crippen LogP contribution in [0, 0.1) is 10.1 Å². The van der Waals surface area contributed by atoms with Crippen molar-refractivity contribution in [2.24, 2.45) is 0 Å². The molecule has 1 heterocycles. The van der Waals surface area contributed by atoms with E-state index < -0.39 is 22.5 Å². The second kappa shape index (κ2) is 9.71. The van der Waals surface area contributed by atoms with Crippen LogP contribution in [0.1, 0.15) is 20.7 Å². The number of halogens is 1. The topological polar surface area (TPSA) is 140 Å². The Labute approximate surface area is 187 Å². The molecule has 11 nitrogen and oxygen atoms in total. The van der Waals surface area contributed by atoms with E-state index in [-0.39, 0.29) is 22.8 Å². The number of anilines is 3. The fourth-order valence-electron chi connectivity index (χ4n) is 2.86. The summed E-state index contributed by atoms with van der Waals surface area (Å²) in [7, 11) is 2.74. The average molecular weight is 457 g/mol. The summed E-state index contributed by atoms with van der Waals surface area (Å²) in [5.74, 6) is -1.55. The molecule has 2 N–H and O–H groups in total. The summed E-state index contributed by atoms with van der Waals surface area (Å²) in [6.45, 7) is 0. The molecule has 2 aromatic carbocycles. The van der Waals surface area contributed by atoms with E-state index >= 15 is 0 Å². The van der Waals surface area contributed by atoms with E-state index in [1.54, 1.807) is 30.3 Å². The first-order chi connectivity index (χ1) is 15.3. The van der Waals surface area contributed by atoms with Crippen molar-refractivity contribution in [1.82, 2.24) is 15.4 Å². The zero-order chi connectivity index (χ0) is 23.3. The molecule has 0 aliphatic rings. The van der Waals surface area contributed by atoms with Gasteiger partial charge in [0.05, 0.1) is 23.3 Å². The first kappa shape index (κ1) is 22.4. The predicted molar refractivity (Wildman–Crippen MR) is 117 cm³/mol. The van der Waals surface area contributed by atoms with Gasteiger partial charge < -0.3 is 9.64 Å². The van der Waals surface area contributed by atoms with Gasteiger partial charge in [-0.05, 0) is 30.3 Å². The predicted octanol–water partition coefficient (Wildman–Crippen LogP) is 3.35. The summed E-state index contributed by atoms with van der Waals surface area (Å²) < 4.78 is 4.78. The Balaban J connectivity index is 1.94. The van der Waals surface area contributed by atoms with Gasteiger partial charge in [-0.1, -0.05) is 29.8 Å². The summed E-state index contributed by atoms with van der Waals surface area (Å²) in [5.41, 5.74) is 5.05. The van der Waals surface area contributed by atoms with Gasteiger partial charge in [-0.25, -0.2) is 14.8 Å². The molecule has 0 radical (unpaired) electrons. The fourth-order valence-corrected chi connectivity index (χ4v) is 3.05. The number of hydrazine groups is 1. The number of esters is 1. The number of nitro groups is 1. The molecule has 12 heteroatoms. The van der Waals surface area contributed by atoms with Crippen LogP contribution in [0.2, 0.25) is 5.02 Å². The number of hydrogen-bond acceptors (Lipinski definition) is 9. The molecule has 164 valence electrons. The van der Waals surface area contributed by atoms with Crippen molar-refractivity contribution in [2.75, 3.05) is 24.5 Å². The number of benzene rings is 2. The number of rotatable bonds is 7. The first-order valence-corrected chi connectivity index (χ1v) is 9.43. The van der Waals surface area contributed by atoms with E-state index in [2.05, 4.69) is 20.8 Å². The summed E-state index contributed by atoms with van der Waals surface area (Å²) >= 11 is 5.88. The molecule has 0 aliphatic carbocycles. The van der Waals surface area contributed by atoms with Crippen molar-refractivity contribution < 1.29 is 19.2 Å². The lowest BCUT2D eigenvalue weighted by Crippen LogP contribution is -2.30. The van der Waals surface area contributed by atoms with E-state index in [0.717, 1.165) is 6.33 Å². The molecular formula is C20H17ClN6O5. The molecule has 0 saturated heterocycles. The maximum absolute atomic E-state index is 12.3. The SMILES string of the molecule is COC(=O)c1ccccc1N(C)c1ncnc(NNC(=O)c2cccc(Cl)c2)c1[N+](=O)[O-]. The molecule has 3 rings (SSSR count). The van der Waals surface area contributed by atoms with Gasteiger partial charge in [0.2, 0.25) is 11.6 Å². The maximum atomic E-state index is 12.3. The molecule has 0 aliphatic heterocycles. The Morgan fingerprint density at radius 2 is 1.91 bits per heavy atom. The third kappa shape index (κ3) is 4.73. The van der Waals surface area contributed by atoms with Crippen LogP contribution in [0.4, 0.5) is 23.0 Å². The van der Waals surface area contributed by atoms with Gasteiger partial charge in [0.25, 0.3) is 5.91 Å². The van der Waals surface area contributed by atoms with Gasteiger partial charge in [-0.15, -0.1) is 0 Å². The first-order valence-electron chi connectivity index (χ1n) is 9.06. The van der Waals surface area contributed by atoms with Crippen molar-refractivity contribution in [1.29, 1.82) is 0 Å². The number of hydrogen-bond donors (Lipinski definition) is 2. The summed E-state index contributed by atoms with van der Waals surface area (Å²) in [6, 6.07) is 12.6. The molecule has 0 unspecified atom stereocenters. The van der Waals surface area contributed by atoms with Crippen LogP contribution in [0.25, 0.3) is 0 Å². The molecule has 0 bridgehead atoms. The van der Waals surface area contributed by atoms with Crippen molar-refractivity contribution in [2.45, 2.75) is 0 Å². The van der Waals surface area contributed by atoms with Crippen LogP contribution in [0.5, 0.6) is 0 Å². The van der Waals surface area contributed by atoms with Gasteiger partial charge in [-0.3, -0.25) is 25.8 Å². The minimum atomic E-state index is -0.694. The number of nitrogens with zero attached hydrogens (tertiary/aromatic N) is 4. The van der Waals surface area contributed by atoms with Crippen LogP contribution < -0.4 is 15.8 Å².